The molecule has 1 saturated carbocycles. The van der Waals surface area contributed by atoms with Crippen LogP contribution in [0.4, 0.5) is 5.69 Å². The Kier molecular flexibility index (Phi) is 3.80. The molecular formula is C12H12ClN3O3. The molecule has 0 radical (unpaired) electrons. The van der Waals surface area contributed by atoms with E-state index in [0.717, 1.165) is 24.6 Å². The average molecular weight is 282 g/mol. The molecule has 1 aliphatic carbocycles. The highest BCUT2D eigenvalue weighted by Gasteiger charge is 2.24. The minimum absolute atomic E-state index is 0.000729. The van der Waals surface area contributed by atoms with Gasteiger partial charge >= 0.3 is 0 Å². The molecule has 1 aromatic rings. The van der Waals surface area contributed by atoms with Gasteiger partial charge in [0.15, 0.2) is 0 Å². The number of nitrogens with one attached hydrogen (secondary N) is 1. The van der Waals surface area contributed by atoms with Crippen molar-refractivity contribution in [3.63, 3.8) is 0 Å². The van der Waals surface area contributed by atoms with Crippen molar-refractivity contribution < 1.29 is 9.72 Å². The van der Waals surface area contributed by atoms with Crippen molar-refractivity contribution in [2.75, 3.05) is 0 Å². The minimum Gasteiger partial charge on any atom is -0.267 e. The number of amides is 1. The van der Waals surface area contributed by atoms with Gasteiger partial charge in [0.05, 0.1) is 4.92 Å². The molecule has 7 heteroatoms. The fourth-order valence-electron chi connectivity index (χ4n) is 1.59. The topological polar surface area (TPSA) is 84.6 Å². The first-order chi connectivity index (χ1) is 8.99. The summed E-state index contributed by atoms with van der Waals surface area (Å²) in [4.78, 5) is 21.9. The lowest BCUT2D eigenvalue weighted by molar-refractivity contribution is -0.384. The van der Waals surface area contributed by atoms with E-state index in [0.29, 0.717) is 5.92 Å². The molecular weight excluding hydrogens is 270 g/mol. The number of benzene rings is 1. The van der Waals surface area contributed by atoms with E-state index in [4.69, 9.17) is 11.6 Å². The van der Waals surface area contributed by atoms with Crippen molar-refractivity contribution in [3.05, 3.63) is 38.9 Å². The number of carbonyl (C=O) groups excluding carboxylic acids is 1. The lowest BCUT2D eigenvalue weighted by Gasteiger charge is -2.02. The molecule has 1 N–H and O–H groups in total. The third-order valence-corrected chi connectivity index (χ3v) is 3.23. The number of halogens is 1. The van der Waals surface area contributed by atoms with E-state index in [1.165, 1.54) is 12.1 Å². The van der Waals surface area contributed by atoms with Crippen LogP contribution in [0.3, 0.4) is 0 Å². The molecule has 0 aliphatic heterocycles. The van der Waals surface area contributed by atoms with E-state index in [-0.39, 0.29) is 16.3 Å². The molecule has 1 fully saturated rings. The lowest BCUT2D eigenvalue weighted by Crippen LogP contribution is -2.19. The second kappa shape index (κ2) is 5.36. The zero-order valence-corrected chi connectivity index (χ0v) is 11.0. The van der Waals surface area contributed by atoms with Gasteiger partial charge in [0, 0.05) is 17.3 Å². The van der Waals surface area contributed by atoms with Gasteiger partial charge in [0.1, 0.15) is 5.02 Å². The van der Waals surface area contributed by atoms with Crippen LogP contribution in [0.2, 0.25) is 5.02 Å². The summed E-state index contributed by atoms with van der Waals surface area (Å²) in [5, 5.41) is 14.7. The van der Waals surface area contributed by atoms with Crippen molar-refractivity contribution in [1.82, 2.24) is 5.43 Å². The molecule has 1 aliphatic rings. The van der Waals surface area contributed by atoms with Crippen LogP contribution in [0.25, 0.3) is 0 Å². The number of nitrogens with zero attached hydrogens (tertiary/aromatic N) is 2. The van der Waals surface area contributed by atoms with Crippen LogP contribution in [0, 0.1) is 16.0 Å². The largest absolute Gasteiger partial charge is 0.288 e. The van der Waals surface area contributed by atoms with Crippen molar-refractivity contribution in [2.45, 2.75) is 19.8 Å². The van der Waals surface area contributed by atoms with Crippen molar-refractivity contribution >= 4 is 28.9 Å². The molecule has 0 atom stereocenters. The molecule has 6 nitrogen and oxygen atoms in total. The summed E-state index contributed by atoms with van der Waals surface area (Å²) in [7, 11) is 0. The number of hydrogen-bond donors (Lipinski definition) is 1. The Balaban J connectivity index is 2.12. The van der Waals surface area contributed by atoms with Crippen molar-refractivity contribution in [3.8, 4) is 0 Å². The minimum atomic E-state index is -0.627. The van der Waals surface area contributed by atoms with E-state index in [1.807, 2.05) is 6.92 Å². The highest BCUT2D eigenvalue weighted by Crippen LogP contribution is 2.30. The Morgan fingerprint density at radius 3 is 2.79 bits per heavy atom. The highest BCUT2D eigenvalue weighted by atomic mass is 35.5. The van der Waals surface area contributed by atoms with Crippen LogP contribution >= 0.6 is 11.6 Å². The molecule has 1 aromatic carbocycles. The summed E-state index contributed by atoms with van der Waals surface area (Å²) < 4.78 is 0. The monoisotopic (exact) mass is 281 g/mol. The number of carbonyl (C=O) groups is 1. The predicted molar refractivity (Wildman–Crippen MR) is 71.4 cm³/mol. The molecule has 0 aromatic heterocycles. The zero-order valence-electron chi connectivity index (χ0n) is 10.2. The van der Waals surface area contributed by atoms with Crippen LogP contribution in [-0.4, -0.2) is 16.5 Å². The molecule has 100 valence electrons. The third-order valence-electron chi connectivity index (χ3n) is 2.91. The highest BCUT2D eigenvalue weighted by molar-refractivity contribution is 6.32. The van der Waals surface area contributed by atoms with E-state index in [1.54, 1.807) is 0 Å². The number of nitro benzene ring substituents is 1. The maximum Gasteiger partial charge on any atom is 0.288 e. The predicted octanol–water partition coefficient (Wildman–Crippen LogP) is 2.76. The summed E-state index contributed by atoms with van der Waals surface area (Å²) in [5.41, 5.74) is 3.12. The molecule has 0 saturated heterocycles. The van der Waals surface area contributed by atoms with E-state index in [9.17, 15) is 14.9 Å². The van der Waals surface area contributed by atoms with Crippen molar-refractivity contribution in [2.24, 2.45) is 11.0 Å². The fraction of sp³-hybridized carbons (Fsp3) is 0.333. The normalized spacial score (nSPS) is 15.2. The molecule has 0 heterocycles. The van der Waals surface area contributed by atoms with E-state index >= 15 is 0 Å². The Morgan fingerprint density at radius 2 is 2.21 bits per heavy atom. The Labute approximate surface area is 114 Å². The van der Waals surface area contributed by atoms with Gasteiger partial charge in [-0.3, -0.25) is 14.9 Å². The van der Waals surface area contributed by atoms with Crippen LogP contribution in [-0.2, 0) is 0 Å². The van der Waals surface area contributed by atoms with Gasteiger partial charge in [0.25, 0.3) is 11.6 Å². The van der Waals surface area contributed by atoms with Crippen LogP contribution in [0.15, 0.2) is 23.3 Å². The number of nitro groups is 1. The van der Waals surface area contributed by atoms with E-state index < -0.39 is 10.8 Å². The number of hydrogen-bond acceptors (Lipinski definition) is 4. The maximum atomic E-state index is 11.8. The number of hydrazone groups is 1. The Hall–Kier alpha value is -1.95. The fourth-order valence-corrected chi connectivity index (χ4v) is 1.78. The average Bonchev–Trinajstić information content (AvgIpc) is 3.20. The molecule has 1 amide bonds. The van der Waals surface area contributed by atoms with Crippen LogP contribution in [0.5, 0.6) is 0 Å². The first-order valence-electron chi connectivity index (χ1n) is 5.77. The first-order valence-corrected chi connectivity index (χ1v) is 6.15. The van der Waals surface area contributed by atoms with Crippen LogP contribution < -0.4 is 5.43 Å². The van der Waals surface area contributed by atoms with E-state index in [2.05, 4.69) is 10.5 Å². The second-order valence-corrected chi connectivity index (χ2v) is 4.80. The molecule has 0 unspecified atom stereocenters. The van der Waals surface area contributed by atoms with Crippen molar-refractivity contribution in [1.29, 1.82) is 0 Å². The smallest absolute Gasteiger partial charge is 0.267 e. The molecule has 2 rings (SSSR count). The summed E-state index contributed by atoms with van der Waals surface area (Å²) in [6.45, 7) is 1.85. The zero-order chi connectivity index (χ0) is 14.0. The quantitative estimate of drug-likeness (QED) is 0.523. The Morgan fingerprint density at radius 1 is 1.53 bits per heavy atom. The first kappa shape index (κ1) is 13.5. The summed E-state index contributed by atoms with van der Waals surface area (Å²) in [6.07, 6.45) is 2.19. The van der Waals surface area contributed by atoms with Crippen LogP contribution in [0.1, 0.15) is 30.1 Å². The van der Waals surface area contributed by atoms with Gasteiger partial charge in [-0.15, -0.1) is 0 Å². The summed E-state index contributed by atoms with van der Waals surface area (Å²) in [5.74, 6) is -0.0281. The lowest BCUT2D eigenvalue weighted by atomic mass is 10.2. The van der Waals surface area contributed by atoms with Gasteiger partial charge in [0.2, 0.25) is 0 Å². The van der Waals surface area contributed by atoms with Gasteiger partial charge in [-0.1, -0.05) is 11.6 Å². The van der Waals surface area contributed by atoms with Gasteiger partial charge in [-0.25, -0.2) is 5.43 Å². The molecule has 0 bridgehead atoms. The second-order valence-electron chi connectivity index (χ2n) is 4.39. The molecule has 0 spiro atoms. The standard InChI is InChI=1S/C12H12ClN3O3/c1-7(8-2-3-8)14-15-12(17)9-4-5-10(13)11(6-9)16(18)19/h4-6,8H,2-3H2,1H3,(H,15,17). The summed E-state index contributed by atoms with van der Waals surface area (Å²) in [6, 6.07) is 3.89. The van der Waals surface area contributed by atoms with Gasteiger partial charge in [-0.05, 0) is 37.8 Å². The van der Waals surface area contributed by atoms with Gasteiger partial charge < -0.3 is 0 Å². The Bertz CT molecular complexity index is 567. The molecule has 19 heavy (non-hydrogen) atoms. The summed E-state index contributed by atoms with van der Waals surface area (Å²) >= 11 is 5.67. The number of rotatable bonds is 4. The maximum absolute atomic E-state index is 11.8. The SMILES string of the molecule is CC(=NNC(=O)c1ccc(Cl)c([N+](=O)[O-])c1)C1CC1. The third kappa shape index (κ3) is 3.29. The van der Waals surface area contributed by atoms with Gasteiger partial charge in [-0.2, -0.15) is 5.10 Å².